The van der Waals surface area contributed by atoms with Crippen molar-refractivity contribution in [3.05, 3.63) is 0 Å². The summed E-state index contributed by atoms with van der Waals surface area (Å²) in [6.07, 6.45) is 11.9. The molecule has 260 valence electrons. The molecule has 1 amide bonds. The lowest BCUT2D eigenvalue weighted by molar-refractivity contribution is -0.248. The molecular formula is C38H61NO7. The van der Waals surface area contributed by atoms with E-state index in [1.54, 1.807) is 7.11 Å². The molecule has 7 fully saturated rings. The number of hydrogen-bond acceptors (Lipinski definition) is 6. The second-order valence-corrected chi connectivity index (χ2v) is 18.1. The van der Waals surface area contributed by atoms with E-state index in [1.807, 2.05) is 4.90 Å². The van der Waals surface area contributed by atoms with Gasteiger partial charge < -0.3 is 29.3 Å². The summed E-state index contributed by atoms with van der Waals surface area (Å²) in [7, 11) is 1.77. The second kappa shape index (κ2) is 11.4. The van der Waals surface area contributed by atoms with Crippen LogP contribution in [-0.4, -0.2) is 78.4 Å². The standard InChI is InChI=1S/C38H61NO7/c1-23(8-7-9-29(41)42)31-32(44-6)33(43)36(5)26-13-12-25-34(2,3)27(14-15-37(25)22-38(26,37)17-16-35(31,36)4)46-30-21-39(18-19-45-30)28(40)20-24-10-11-24/h23-27,30-33,43H,7-22H2,1-6H3,(H,41,42)/t23-,25?,26?,27+,30?,31+,32?,33+,35-,36-,37-,38?/m1/s1. The molecular weight excluding hydrogens is 582 g/mol. The van der Waals surface area contributed by atoms with Crippen molar-refractivity contribution < 1.29 is 34.0 Å². The predicted molar refractivity (Wildman–Crippen MR) is 174 cm³/mol. The molecule has 0 radical (unpaired) electrons. The van der Waals surface area contributed by atoms with Crippen molar-refractivity contribution in [3.63, 3.8) is 0 Å². The largest absolute Gasteiger partial charge is 0.481 e. The van der Waals surface area contributed by atoms with Crippen LogP contribution in [0.5, 0.6) is 0 Å². The van der Waals surface area contributed by atoms with Crippen LogP contribution in [0.15, 0.2) is 0 Å². The zero-order valence-electron chi connectivity index (χ0n) is 29.4. The number of methoxy groups -OCH3 is 1. The average molecular weight is 644 g/mol. The molecule has 6 aliphatic carbocycles. The molecule has 0 aromatic heterocycles. The number of rotatable bonds is 10. The van der Waals surface area contributed by atoms with Gasteiger partial charge in [-0.1, -0.05) is 34.6 Å². The molecule has 2 spiro atoms. The highest BCUT2D eigenvalue weighted by atomic mass is 16.7. The minimum atomic E-state index is -0.733. The molecule has 6 saturated carbocycles. The van der Waals surface area contributed by atoms with E-state index in [1.165, 1.54) is 32.1 Å². The summed E-state index contributed by atoms with van der Waals surface area (Å²) in [5, 5.41) is 21.5. The quantitative estimate of drug-likeness (QED) is 0.289. The Morgan fingerprint density at radius 1 is 1.00 bits per heavy atom. The van der Waals surface area contributed by atoms with E-state index in [-0.39, 0.29) is 64.3 Å². The van der Waals surface area contributed by atoms with Gasteiger partial charge in [-0.05, 0) is 122 Å². The average Bonchev–Trinajstić information content (AvgIpc) is 3.93. The number of nitrogens with zero attached hydrogens (tertiary/aromatic N) is 1. The molecule has 1 saturated heterocycles. The Kier molecular flexibility index (Phi) is 8.26. The molecule has 5 unspecified atom stereocenters. The Balaban J connectivity index is 1.08. The minimum absolute atomic E-state index is 0.00256. The summed E-state index contributed by atoms with van der Waals surface area (Å²) < 4.78 is 19.1. The minimum Gasteiger partial charge on any atom is -0.481 e. The number of aliphatic carboxylic acids is 1. The van der Waals surface area contributed by atoms with E-state index < -0.39 is 12.1 Å². The molecule has 46 heavy (non-hydrogen) atoms. The van der Waals surface area contributed by atoms with Gasteiger partial charge in [0.2, 0.25) is 5.91 Å². The Morgan fingerprint density at radius 2 is 1.72 bits per heavy atom. The van der Waals surface area contributed by atoms with Crippen molar-refractivity contribution in [2.45, 2.75) is 143 Å². The van der Waals surface area contributed by atoms with E-state index in [0.717, 1.165) is 32.1 Å². The van der Waals surface area contributed by atoms with Gasteiger partial charge in [-0.3, -0.25) is 9.59 Å². The fraction of sp³-hybridized carbons (Fsp3) is 0.947. The third-order valence-corrected chi connectivity index (χ3v) is 16.0. The fourth-order valence-corrected chi connectivity index (χ4v) is 13.5. The Hall–Kier alpha value is -1.22. The van der Waals surface area contributed by atoms with Gasteiger partial charge in [0.05, 0.1) is 31.5 Å². The highest BCUT2D eigenvalue weighted by Gasteiger charge is 2.84. The van der Waals surface area contributed by atoms with Crippen molar-refractivity contribution in [1.29, 1.82) is 0 Å². The molecule has 0 aromatic carbocycles. The first-order valence-electron chi connectivity index (χ1n) is 18.7. The molecule has 8 heteroatoms. The van der Waals surface area contributed by atoms with Gasteiger partial charge in [0.15, 0.2) is 6.29 Å². The molecule has 1 aliphatic heterocycles. The topological polar surface area (TPSA) is 106 Å². The van der Waals surface area contributed by atoms with Gasteiger partial charge in [0, 0.05) is 31.9 Å². The summed E-state index contributed by atoms with van der Waals surface area (Å²) in [6.45, 7) is 13.8. The van der Waals surface area contributed by atoms with E-state index in [2.05, 4.69) is 34.6 Å². The third kappa shape index (κ3) is 4.72. The van der Waals surface area contributed by atoms with Gasteiger partial charge in [-0.15, -0.1) is 0 Å². The summed E-state index contributed by atoms with van der Waals surface area (Å²) in [5.41, 5.74) is 0.273. The summed E-state index contributed by atoms with van der Waals surface area (Å²) in [4.78, 5) is 26.1. The lowest BCUT2D eigenvalue weighted by Gasteiger charge is -2.63. The molecule has 8 nitrogen and oxygen atoms in total. The molecule has 1 heterocycles. The van der Waals surface area contributed by atoms with Gasteiger partial charge in [-0.2, -0.15) is 0 Å². The Morgan fingerprint density at radius 3 is 2.41 bits per heavy atom. The van der Waals surface area contributed by atoms with Crippen LogP contribution in [0.25, 0.3) is 0 Å². The van der Waals surface area contributed by atoms with Gasteiger partial charge in [0.25, 0.3) is 0 Å². The van der Waals surface area contributed by atoms with Crippen LogP contribution in [-0.2, 0) is 23.8 Å². The van der Waals surface area contributed by atoms with Crippen LogP contribution in [0.2, 0.25) is 0 Å². The molecule has 0 aromatic rings. The van der Waals surface area contributed by atoms with Crippen molar-refractivity contribution in [2.75, 3.05) is 26.8 Å². The number of amides is 1. The summed E-state index contributed by atoms with van der Waals surface area (Å²) in [6, 6.07) is 0. The first-order valence-corrected chi connectivity index (χ1v) is 18.7. The van der Waals surface area contributed by atoms with Gasteiger partial charge in [-0.25, -0.2) is 0 Å². The SMILES string of the molecule is COC1[C@H]([C@H](C)CCCC(=O)O)[C@@]2(C)CCC34C[C@@]35CC[C@H](OC3CN(C(=O)CC6CC6)CCO3)C(C)(C)C5CCC4[C@]2(C)[C@H]1O. The van der Waals surface area contributed by atoms with Gasteiger partial charge >= 0.3 is 5.97 Å². The smallest absolute Gasteiger partial charge is 0.303 e. The van der Waals surface area contributed by atoms with Gasteiger partial charge in [0.1, 0.15) is 0 Å². The first kappa shape index (κ1) is 33.3. The number of carbonyl (C=O) groups excluding carboxylic acids is 1. The number of carbonyl (C=O) groups is 2. The van der Waals surface area contributed by atoms with Crippen molar-refractivity contribution in [3.8, 4) is 0 Å². The van der Waals surface area contributed by atoms with E-state index in [4.69, 9.17) is 14.2 Å². The number of hydrogen-bond donors (Lipinski definition) is 2. The van der Waals surface area contributed by atoms with Crippen LogP contribution < -0.4 is 0 Å². The Bertz CT molecular complexity index is 1200. The third-order valence-electron chi connectivity index (χ3n) is 16.0. The number of fused-ring (bicyclic) bond motifs is 2. The predicted octanol–water partition coefficient (Wildman–Crippen LogP) is 6.28. The fourth-order valence-electron chi connectivity index (χ4n) is 13.5. The lowest BCUT2D eigenvalue weighted by Crippen LogP contribution is -2.60. The number of ether oxygens (including phenoxy) is 3. The van der Waals surface area contributed by atoms with Crippen LogP contribution in [0.1, 0.15) is 118 Å². The number of carboxylic acid groups (broad SMARTS) is 1. The van der Waals surface area contributed by atoms with Crippen molar-refractivity contribution in [1.82, 2.24) is 4.90 Å². The van der Waals surface area contributed by atoms with E-state index >= 15 is 0 Å². The molecule has 12 atom stereocenters. The maximum absolute atomic E-state index is 12.9. The van der Waals surface area contributed by atoms with Crippen LogP contribution in [0.4, 0.5) is 0 Å². The number of morpholine rings is 1. The molecule has 7 rings (SSSR count). The highest BCUT2D eigenvalue weighted by Crippen LogP contribution is 2.89. The monoisotopic (exact) mass is 643 g/mol. The summed E-state index contributed by atoms with van der Waals surface area (Å²) in [5.74, 6) is 1.65. The number of aliphatic hydroxyl groups is 1. The number of aliphatic hydroxyl groups excluding tert-OH is 1. The van der Waals surface area contributed by atoms with Crippen LogP contribution >= 0.6 is 0 Å². The molecule has 7 aliphatic rings. The van der Waals surface area contributed by atoms with Crippen molar-refractivity contribution in [2.24, 2.45) is 56.7 Å². The normalized spacial score (nSPS) is 48.1. The first-order chi connectivity index (χ1) is 21.7. The summed E-state index contributed by atoms with van der Waals surface area (Å²) >= 11 is 0. The van der Waals surface area contributed by atoms with Crippen LogP contribution in [0.3, 0.4) is 0 Å². The zero-order chi connectivity index (χ0) is 32.9. The zero-order valence-corrected chi connectivity index (χ0v) is 29.4. The Labute approximate surface area is 276 Å². The number of carboxylic acids is 1. The highest BCUT2D eigenvalue weighted by molar-refractivity contribution is 5.76. The second-order valence-electron chi connectivity index (χ2n) is 18.1. The lowest BCUT2D eigenvalue weighted by atomic mass is 9.41. The van der Waals surface area contributed by atoms with E-state index in [0.29, 0.717) is 55.7 Å². The molecule has 2 N–H and O–H groups in total. The van der Waals surface area contributed by atoms with Crippen LogP contribution in [0, 0.1) is 56.7 Å². The maximum atomic E-state index is 12.9. The molecule has 0 bridgehead atoms. The maximum Gasteiger partial charge on any atom is 0.303 e. The van der Waals surface area contributed by atoms with Crippen molar-refractivity contribution >= 4 is 11.9 Å². The van der Waals surface area contributed by atoms with E-state index in [9.17, 15) is 19.8 Å².